The van der Waals surface area contributed by atoms with Crippen molar-refractivity contribution < 1.29 is 9.53 Å². The number of benzene rings is 1. The Labute approximate surface area is 167 Å². The van der Waals surface area contributed by atoms with Crippen molar-refractivity contribution >= 4 is 22.6 Å². The Morgan fingerprint density at radius 2 is 1.83 bits per heavy atom. The molecule has 0 radical (unpaired) electrons. The lowest BCUT2D eigenvalue weighted by Gasteiger charge is -2.13. The number of pyridine rings is 3. The van der Waals surface area contributed by atoms with Gasteiger partial charge in [0.15, 0.2) is 0 Å². The highest BCUT2D eigenvalue weighted by molar-refractivity contribution is 6.02. The normalized spacial score (nSPS) is 10.5. The fraction of sp³-hybridized carbons (Fsp3) is 0.0909. The molecule has 2 amide bonds. The lowest BCUT2D eigenvalue weighted by Crippen LogP contribution is -2.28. The number of hydrogen-bond donors (Lipinski definition) is 2. The van der Waals surface area contributed by atoms with Crippen LogP contribution in [0.4, 0.5) is 10.6 Å². The number of urea groups is 1. The molecule has 2 N–H and O–H groups in total. The molecule has 0 unspecified atom stereocenters. The van der Waals surface area contributed by atoms with Crippen LogP contribution in [0.5, 0.6) is 11.5 Å². The molecular formula is C22H19N5O2. The van der Waals surface area contributed by atoms with Crippen LogP contribution in [0.2, 0.25) is 0 Å². The minimum atomic E-state index is -0.301. The number of fused-ring (bicyclic) bond motifs is 1. The number of anilines is 1. The number of carbonyl (C=O) groups excluding carboxylic acids is 1. The summed E-state index contributed by atoms with van der Waals surface area (Å²) in [5, 5.41) is 7.16. The summed E-state index contributed by atoms with van der Waals surface area (Å²) >= 11 is 0. The fourth-order valence-corrected chi connectivity index (χ4v) is 3.00. The molecule has 0 aliphatic heterocycles. The fourth-order valence-electron chi connectivity index (χ4n) is 3.00. The van der Waals surface area contributed by atoms with Crippen LogP contribution in [0.3, 0.4) is 0 Å². The summed E-state index contributed by atoms with van der Waals surface area (Å²) in [5.41, 5.74) is 1.92. The third-order valence-electron chi connectivity index (χ3n) is 4.27. The smallest absolute Gasteiger partial charge is 0.320 e. The Morgan fingerprint density at radius 1 is 1.00 bits per heavy atom. The first kappa shape index (κ1) is 18.4. The van der Waals surface area contributed by atoms with Gasteiger partial charge in [-0.15, -0.1) is 0 Å². The molecule has 0 spiro atoms. The molecule has 3 heterocycles. The van der Waals surface area contributed by atoms with Crippen molar-refractivity contribution in [1.29, 1.82) is 0 Å². The Hall–Kier alpha value is -4.00. The molecule has 4 rings (SSSR count). The van der Waals surface area contributed by atoms with Crippen molar-refractivity contribution in [3.8, 4) is 22.6 Å². The standard InChI is InChI=1S/C22H19N5O2/c1-2-25-22(28)27-21-11-18-17(15-5-3-9-23-12-15)7-8-20(19(18)14-26-21)29-16-6-4-10-24-13-16/h3-14H,2H2,1H3,(H2,25,26,27,28). The summed E-state index contributed by atoms with van der Waals surface area (Å²) in [6.45, 7) is 2.39. The number of carbonyl (C=O) groups is 1. The first-order chi connectivity index (χ1) is 14.2. The van der Waals surface area contributed by atoms with E-state index in [0.29, 0.717) is 23.9 Å². The summed E-state index contributed by atoms with van der Waals surface area (Å²) in [5.74, 6) is 1.73. The van der Waals surface area contributed by atoms with Crippen molar-refractivity contribution in [2.75, 3.05) is 11.9 Å². The number of nitrogens with one attached hydrogen (secondary N) is 2. The second-order valence-corrected chi connectivity index (χ2v) is 6.24. The number of nitrogens with zero attached hydrogens (tertiary/aromatic N) is 3. The van der Waals surface area contributed by atoms with Gasteiger partial charge < -0.3 is 10.1 Å². The minimum absolute atomic E-state index is 0.301. The average Bonchev–Trinajstić information content (AvgIpc) is 2.75. The predicted octanol–water partition coefficient (Wildman–Crippen LogP) is 4.63. The highest BCUT2D eigenvalue weighted by Gasteiger charge is 2.12. The molecule has 1 aromatic carbocycles. The molecular weight excluding hydrogens is 366 g/mol. The summed E-state index contributed by atoms with van der Waals surface area (Å²) in [4.78, 5) is 24.6. The van der Waals surface area contributed by atoms with Crippen molar-refractivity contribution in [3.05, 3.63) is 73.4 Å². The largest absolute Gasteiger partial charge is 0.455 e. The van der Waals surface area contributed by atoms with Crippen LogP contribution in [0.1, 0.15) is 6.92 Å². The van der Waals surface area contributed by atoms with Gasteiger partial charge in [0.2, 0.25) is 0 Å². The monoisotopic (exact) mass is 385 g/mol. The molecule has 0 fully saturated rings. The van der Waals surface area contributed by atoms with Crippen LogP contribution < -0.4 is 15.4 Å². The molecule has 0 bridgehead atoms. The van der Waals surface area contributed by atoms with Gasteiger partial charge in [-0.25, -0.2) is 9.78 Å². The van der Waals surface area contributed by atoms with Gasteiger partial charge in [-0.1, -0.05) is 6.07 Å². The average molecular weight is 385 g/mol. The van der Waals surface area contributed by atoms with Gasteiger partial charge in [-0.2, -0.15) is 0 Å². The Morgan fingerprint density at radius 3 is 2.55 bits per heavy atom. The topological polar surface area (TPSA) is 89.0 Å². The molecule has 3 aromatic heterocycles. The van der Waals surface area contributed by atoms with E-state index in [1.54, 1.807) is 31.0 Å². The summed E-state index contributed by atoms with van der Waals surface area (Å²) in [7, 11) is 0. The Balaban J connectivity index is 1.81. The predicted molar refractivity (Wildman–Crippen MR) is 112 cm³/mol. The Kier molecular flexibility index (Phi) is 5.29. The van der Waals surface area contributed by atoms with Crippen LogP contribution in [-0.4, -0.2) is 27.5 Å². The minimum Gasteiger partial charge on any atom is -0.455 e. The highest BCUT2D eigenvalue weighted by Crippen LogP contribution is 2.36. The summed E-state index contributed by atoms with van der Waals surface area (Å²) < 4.78 is 6.02. The number of amides is 2. The maximum atomic E-state index is 11.9. The number of ether oxygens (including phenoxy) is 1. The van der Waals surface area contributed by atoms with E-state index in [4.69, 9.17) is 4.74 Å². The van der Waals surface area contributed by atoms with Crippen molar-refractivity contribution in [1.82, 2.24) is 20.3 Å². The van der Waals surface area contributed by atoms with Gasteiger partial charge >= 0.3 is 6.03 Å². The van der Waals surface area contributed by atoms with Crippen molar-refractivity contribution in [2.45, 2.75) is 6.92 Å². The van der Waals surface area contributed by atoms with Crippen molar-refractivity contribution in [2.24, 2.45) is 0 Å². The van der Waals surface area contributed by atoms with Crippen molar-refractivity contribution in [3.63, 3.8) is 0 Å². The van der Waals surface area contributed by atoms with E-state index in [2.05, 4.69) is 25.6 Å². The summed E-state index contributed by atoms with van der Waals surface area (Å²) in [6.07, 6.45) is 8.57. The Bertz CT molecular complexity index is 1130. The van der Waals surface area contributed by atoms with Gasteiger partial charge in [0.05, 0.1) is 6.20 Å². The highest BCUT2D eigenvalue weighted by atomic mass is 16.5. The maximum Gasteiger partial charge on any atom is 0.320 e. The molecule has 0 aliphatic rings. The molecule has 4 aromatic rings. The quantitative estimate of drug-likeness (QED) is 0.523. The van der Waals surface area contributed by atoms with Crippen LogP contribution in [0.25, 0.3) is 21.9 Å². The zero-order chi connectivity index (χ0) is 20.1. The molecule has 144 valence electrons. The van der Waals surface area contributed by atoms with E-state index < -0.39 is 0 Å². The summed E-state index contributed by atoms with van der Waals surface area (Å²) in [6, 6.07) is 12.9. The number of aromatic nitrogens is 3. The molecule has 0 aliphatic carbocycles. The molecule has 7 heteroatoms. The number of hydrogen-bond acceptors (Lipinski definition) is 5. The lowest BCUT2D eigenvalue weighted by molar-refractivity contribution is 0.252. The van der Waals surface area contributed by atoms with E-state index in [-0.39, 0.29) is 6.03 Å². The molecule has 0 saturated heterocycles. The van der Waals surface area contributed by atoms with Crippen LogP contribution >= 0.6 is 0 Å². The van der Waals surface area contributed by atoms with E-state index >= 15 is 0 Å². The second-order valence-electron chi connectivity index (χ2n) is 6.24. The SMILES string of the molecule is CCNC(=O)Nc1cc2c(-c3cccnc3)ccc(Oc3cccnc3)c2cn1. The lowest BCUT2D eigenvalue weighted by atomic mass is 10.00. The van der Waals surface area contributed by atoms with E-state index in [1.165, 1.54) is 0 Å². The van der Waals surface area contributed by atoms with E-state index in [9.17, 15) is 4.79 Å². The van der Waals surface area contributed by atoms with Gasteiger partial charge in [-0.3, -0.25) is 15.3 Å². The van der Waals surface area contributed by atoms with E-state index in [1.807, 2.05) is 49.4 Å². The second kappa shape index (κ2) is 8.35. The van der Waals surface area contributed by atoms with Gasteiger partial charge in [-0.05, 0) is 54.3 Å². The zero-order valence-corrected chi connectivity index (χ0v) is 15.8. The third kappa shape index (κ3) is 4.14. The molecule has 29 heavy (non-hydrogen) atoms. The van der Waals surface area contributed by atoms with Gasteiger partial charge in [0.1, 0.15) is 17.3 Å². The first-order valence-electron chi connectivity index (χ1n) is 9.20. The zero-order valence-electron chi connectivity index (χ0n) is 15.8. The first-order valence-corrected chi connectivity index (χ1v) is 9.20. The van der Waals surface area contributed by atoms with Crippen LogP contribution in [-0.2, 0) is 0 Å². The van der Waals surface area contributed by atoms with Gasteiger partial charge in [0.25, 0.3) is 0 Å². The molecule has 0 saturated carbocycles. The third-order valence-corrected chi connectivity index (χ3v) is 4.27. The molecule has 7 nitrogen and oxygen atoms in total. The maximum absolute atomic E-state index is 11.9. The molecule has 0 atom stereocenters. The van der Waals surface area contributed by atoms with Gasteiger partial charge in [0, 0.05) is 42.3 Å². The number of rotatable bonds is 5. The van der Waals surface area contributed by atoms with Crippen LogP contribution in [0, 0.1) is 0 Å². The van der Waals surface area contributed by atoms with E-state index in [0.717, 1.165) is 21.9 Å². The van der Waals surface area contributed by atoms with Crippen LogP contribution in [0.15, 0.2) is 73.4 Å².